The van der Waals surface area contributed by atoms with Crippen molar-refractivity contribution in [3.05, 3.63) is 64.7 Å². The quantitative estimate of drug-likeness (QED) is 0.799. The second-order valence-corrected chi connectivity index (χ2v) is 5.75. The van der Waals surface area contributed by atoms with Gasteiger partial charge in [0.25, 0.3) is 0 Å². The first-order valence-electron chi connectivity index (χ1n) is 6.54. The van der Waals surface area contributed by atoms with Crippen molar-refractivity contribution in [2.45, 2.75) is 13.5 Å². The average molecular weight is 298 g/mol. The summed E-state index contributed by atoms with van der Waals surface area (Å²) in [6, 6.07) is 11.8. The number of carbonyl (C=O) groups is 1. The monoisotopic (exact) mass is 298 g/mol. The zero-order valence-electron chi connectivity index (χ0n) is 11.5. The van der Waals surface area contributed by atoms with Crippen LogP contribution in [0.1, 0.15) is 21.5 Å². The van der Waals surface area contributed by atoms with E-state index in [9.17, 15) is 9.90 Å². The lowest BCUT2D eigenvalue weighted by Crippen LogP contribution is -2.02. The number of aromatic carboxylic acids is 1. The van der Waals surface area contributed by atoms with Crippen LogP contribution >= 0.6 is 11.3 Å². The molecule has 0 saturated carbocycles. The number of hydrogen-bond acceptors (Lipinski definition) is 3. The van der Waals surface area contributed by atoms with Gasteiger partial charge in [0.05, 0.1) is 11.4 Å². The van der Waals surface area contributed by atoms with Crippen molar-refractivity contribution in [2.24, 2.45) is 0 Å². The summed E-state index contributed by atoms with van der Waals surface area (Å²) in [6.07, 6.45) is 1.60. The molecule has 1 N–H and O–H groups in total. The highest BCUT2D eigenvalue weighted by molar-refractivity contribution is 7.13. The summed E-state index contributed by atoms with van der Waals surface area (Å²) in [6.45, 7) is 2.61. The number of aryl methyl sites for hydroxylation is 1. The Bertz CT molecular complexity index is 775. The van der Waals surface area contributed by atoms with Gasteiger partial charge in [0, 0.05) is 6.20 Å². The molecule has 21 heavy (non-hydrogen) atoms. The fraction of sp³-hybridized carbons (Fsp3) is 0.125. The average Bonchev–Trinajstić information content (AvgIpc) is 3.10. The van der Waals surface area contributed by atoms with Crippen LogP contribution in [-0.4, -0.2) is 20.9 Å². The predicted molar refractivity (Wildman–Crippen MR) is 82.8 cm³/mol. The lowest BCUT2D eigenvalue weighted by Gasteiger charge is -2.05. The van der Waals surface area contributed by atoms with Crippen LogP contribution in [0.3, 0.4) is 0 Å². The molecule has 2 aromatic heterocycles. The molecule has 5 heteroatoms. The summed E-state index contributed by atoms with van der Waals surface area (Å²) in [5.41, 5.74) is 3.08. The molecule has 0 unspecified atom stereocenters. The van der Waals surface area contributed by atoms with Crippen molar-refractivity contribution in [3.8, 4) is 10.6 Å². The fourth-order valence-electron chi connectivity index (χ4n) is 2.22. The highest BCUT2D eigenvalue weighted by Crippen LogP contribution is 2.27. The summed E-state index contributed by atoms with van der Waals surface area (Å²) in [7, 11) is 0. The molecule has 0 aliphatic rings. The van der Waals surface area contributed by atoms with Crippen LogP contribution in [0.4, 0.5) is 0 Å². The normalized spacial score (nSPS) is 10.7. The molecular formula is C16H14N2O2S. The fourth-order valence-corrected chi connectivity index (χ4v) is 2.94. The molecule has 0 spiro atoms. The van der Waals surface area contributed by atoms with Gasteiger partial charge in [-0.25, -0.2) is 4.79 Å². The van der Waals surface area contributed by atoms with Gasteiger partial charge in [-0.05, 0) is 29.5 Å². The van der Waals surface area contributed by atoms with Gasteiger partial charge < -0.3 is 5.11 Å². The van der Waals surface area contributed by atoms with E-state index in [1.165, 1.54) is 16.9 Å². The van der Waals surface area contributed by atoms with Crippen LogP contribution in [0.5, 0.6) is 0 Å². The minimum Gasteiger partial charge on any atom is -0.478 e. The maximum Gasteiger partial charge on any atom is 0.339 e. The van der Waals surface area contributed by atoms with Crippen molar-refractivity contribution >= 4 is 17.3 Å². The molecule has 3 aromatic rings. The molecule has 0 aliphatic heterocycles. The number of carboxylic acid groups (broad SMARTS) is 1. The maximum atomic E-state index is 11.4. The third-order valence-electron chi connectivity index (χ3n) is 3.34. The first-order chi connectivity index (χ1) is 10.1. The highest BCUT2D eigenvalue weighted by atomic mass is 32.1. The van der Waals surface area contributed by atoms with Crippen molar-refractivity contribution in [3.63, 3.8) is 0 Å². The summed E-state index contributed by atoms with van der Waals surface area (Å²) >= 11 is 1.49. The Morgan fingerprint density at radius 3 is 2.76 bits per heavy atom. The van der Waals surface area contributed by atoms with Crippen LogP contribution in [0.2, 0.25) is 0 Å². The van der Waals surface area contributed by atoms with Crippen molar-refractivity contribution in [1.29, 1.82) is 0 Å². The van der Waals surface area contributed by atoms with E-state index in [1.54, 1.807) is 10.9 Å². The van der Waals surface area contributed by atoms with E-state index in [-0.39, 0.29) is 5.56 Å². The summed E-state index contributed by atoms with van der Waals surface area (Å²) in [5, 5.41) is 15.7. The van der Waals surface area contributed by atoms with Crippen molar-refractivity contribution < 1.29 is 9.90 Å². The Morgan fingerprint density at radius 2 is 2.10 bits per heavy atom. The zero-order valence-corrected chi connectivity index (χ0v) is 12.3. The second kappa shape index (κ2) is 5.54. The second-order valence-electron chi connectivity index (χ2n) is 4.80. The van der Waals surface area contributed by atoms with E-state index in [1.807, 2.05) is 48.7 Å². The van der Waals surface area contributed by atoms with E-state index < -0.39 is 5.97 Å². The van der Waals surface area contributed by atoms with E-state index in [0.29, 0.717) is 12.2 Å². The topological polar surface area (TPSA) is 55.1 Å². The molecule has 0 saturated heterocycles. The number of nitrogens with zero attached hydrogens (tertiary/aromatic N) is 2. The minimum atomic E-state index is -0.950. The van der Waals surface area contributed by atoms with E-state index >= 15 is 0 Å². The number of carboxylic acids is 1. The molecule has 0 amide bonds. The van der Waals surface area contributed by atoms with Crippen LogP contribution in [0.15, 0.2) is 48.0 Å². The molecule has 2 heterocycles. The molecule has 0 aliphatic carbocycles. The van der Waals surface area contributed by atoms with Crippen molar-refractivity contribution in [2.75, 3.05) is 0 Å². The molecule has 1 aromatic carbocycles. The van der Waals surface area contributed by atoms with Gasteiger partial charge in [-0.2, -0.15) is 5.10 Å². The van der Waals surface area contributed by atoms with Gasteiger partial charge in [-0.1, -0.05) is 30.3 Å². The Labute approximate surface area is 126 Å². The SMILES string of the molecule is Cc1ccccc1Cn1cc(C(=O)O)c(-c2cccs2)n1. The van der Waals surface area contributed by atoms with Gasteiger partial charge in [-0.15, -0.1) is 11.3 Å². The highest BCUT2D eigenvalue weighted by Gasteiger charge is 2.18. The van der Waals surface area contributed by atoms with Crippen molar-refractivity contribution in [1.82, 2.24) is 9.78 Å². The molecule has 106 valence electrons. The maximum absolute atomic E-state index is 11.4. The lowest BCUT2D eigenvalue weighted by molar-refractivity contribution is 0.0697. The summed E-state index contributed by atoms with van der Waals surface area (Å²) in [5.74, 6) is -0.950. The van der Waals surface area contributed by atoms with Crippen LogP contribution in [-0.2, 0) is 6.54 Å². The number of rotatable bonds is 4. The molecule has 4 nitrogen and oxygen atoms in total. The Hall–Kier alpha value is -2.40. The van der Waals surface area contributed by atoms with E-state index in [2.05, 4.69) is 5.10 Å². The summed E-state index contributed by atoms with van der Waals surface area (Å²) in [4.78, 5) is 12.3. The smallest absolute Gasteiger partial charge is 0.339 e. The molecule has 0 atom stereocenters. The molecule has 0 radical (unpaired) electrons. The Kier molecular flexibility index (Phi) is 3.58. The first kappa shape index (κ1) is 13.6. The number of hydrogen-bond donors (Lipinski definition) is 1. The molecule has 0 fully saturated rings. The predicted octanol–water partition coefficient (Wildman–Crippen LogP) is 3.67. The Morgan fingerprint density at radius 1 is 1.29 bits per heavy atom. The molecule has 0 bridgehead atoms. The third-order valence-corrected chi connectivity index (χ3v) is 4.22. The van der Waals surface area contributed by atoms with Gasteiger partial charge in [0.1, 0.15) is 11.3 Å². The molecular weight excluding hydrogens is 284 g/mol. The summed E-state index contributed by atoms with van der Waals surface area (Å²) < 4.78 is 1.70. The zero-order chi connectivity index (χ0) is 14.8. The van der Waals surface area contributed by atoms with Gasteiger partial charge in [0.15, 0.2) is 0 Å². The van der Waals surface area contributed by atoms with Crippen LogP contribution in [0.25, 0.3) is 10.6 Å². The van der Waals surface area contributed by atoms with Crippen LogP contribution < -0.4 is 0 Å². The first-order valence-corrected chi connectivity index (χ1v) is 7.42. The number of aromatic nitrogens is 2. The van der Waals surface area contributed by atoms with Crippen LogP contribution in [0, 0.1) is 6.92 Å². The molecule has 3 rings (SSSR count). The van der Waals surface area contributed by atoms with Gasteiger partial charge in [-0.3, -0.25) is 4.68 Å². The number of thiophene rings is 1. The van der Waals surface area contributed by atoms with Gasteiger partial charge >= 0.3 is 5.97 Å². The lowest BCUT2D eigenvalue weighted by atomic mass is 10.1. The van der Waals surface area contributed by atoms with E-state index in [0.717, 1.165) is 10.4 Å². The minimum absolute atomic E-state index is 0.242. The third kappa shape index (κ3) is 2.73. The number of benzene rings is 1. The Balaban J connectivity index is 2.00. The standard InChI is InChI=1S/C16H14N2O2S/c1-11-5-2-3-6-12(11)9-18-10-13(16(19)20)15(17-18)14-7-4-8-21-14/h2-8,10H,9H2,1H3,(H,19,20). The van der Waals surface area contributed by atoms with E-state index in [4.69, 9.17) is 0 Å². The largest absolute Gasteiger partial charge is 0.478 e. The van der Waals surface area contributed by atoms with Gasteiger partial charge in [0.2, 0.25) is 0 Å².